The number of hydrogen-bond donors (Lipinski definition) is 1. The van der Waals surface area contributed by atoms with Gasteiger partial charge in [-0.05, 0) is 27.7 Å². The molecule has 0 aromatic carbocycles. The van der Waals surface area contributed by atoms with Gasteiger partial charge in [0.25, 0.3) is 0 Å². The molecule has 0 aliphatic carbocycles. The first-order valence-electron chi connectivity index (χ1n) is 5.37. The first-order valence-corrected chi connectivity index (χ1v) is 5.37. The average molecular weight is 209 g/mol. The molecule has 1 heterocycles. The van der Waals surface area contributed by atoms with Crippen LogP contribution in [0.25, 0.3) is 0 Å². The summed E-state index contributed by atoms with van der Waals surface area (Å²) in [5.41, 5.74) is -0.811. The van der Waals surface area contributed by atoms with Crippen LogP contribution >= 0.6 is 0 Å². The summed E-state index contributed by atoms with van der Waals surface area (Å²) in [7, 11) is 0. The van der Waals surface area contributed by atoms with Crippen molar-refractivity contribution >= 4 is 5.91 Å². The highest BCUT2D eigenvalue weighted by molar-refractivity contribution is 5.87. The van der Waals surface area contributed by atoms with Crippen molar-refractivity contribution in [3.8, 4) is 6.07 Å². The van der Waals surface area contributed by atoms with Crippen LogP contribution in [0.4, 0.5) is 0 Å². The van der Waals surface area contributed by atoms with Crippen LogP contribution in [0.5, 0.6) is 0 Å². The Kier molecular flexibility index (Phi) is 3.35. The largest absolute Gasteiger partial charge is 0.352 e. The molecular weight excluding hydrogens is 190 g/mol. The molecular formula is C11H19N3O. The van der Waals surface area contributed by atoms with Crippen molar-refractivity contribution in [2.24, 2.45) is 5.41 Å². The molecule has 0 unspecified atom stereocenters. The van der Waals surface area contributed by atoms with Crippen LogP contribution in [0.3, 0.4) is 0 Å². The standard InChI is InChI=1S/C11H19N3O/c1-8(2)13-10(15)11(5-12)6-14(7-11)9(3)4/h8-9H,6-7H2,1-4H3,(H,13,15). The lowest BCUT2D eigenvalue weighted by molar-refractivity contribution is -0.137. The van der Waals surface area contributed by atoms with Crippen molar-refractivity contribution in [3.05, 3.63) is 0 Å². The Bertz CT molecular complexity index is 285. The summed E-state index contributed by atoms with van der Waals surface area (Å²) in [5.74, 6) is -0.128. The topological polar surface area (TPSA) is 56.1 Å². The first-order chi connectivity index (χ1) is 6.91. The van der Waals surface area contributed by atoms with Gasteiger partial charge in [-0.3, -0.25) is 9.69 Å². The van der Waals surface area contributed by atoms with Crippen LogP contribution in [0.2, 0.25) is 0 Å². The molecule has 0 atom stereocenters. The predicted octanol–water partition coefficient (Wildman–Crippen LogP) is 0.745. The molecule has 1 fully saturated rings. The van der Waals surface area contributed by atoms with Crippen molar-refractivity contribution in [1.29, 1.82) is 5.26 Å². The van der Waals surface area contributed by atoms with Crippen LogP contribution < -0.4 is 5.32 Å². The molecule has 1 N–H and O–H groups in total. The van der Waals surface area contributed by atoms with E-state index >= 15 is 0 Å². The average Bonchev–Trinajstić information content (AvgIpc) is 2.00. The van der Waals surface area contributed by atoms with Crippen LogP contribution in [0, 0.1) is 16.7 Å². The monoisotopic (exact) mass is 209 g/mol. The number of hydrogen-bond acceptors (Lipinski definition) is 3. The molecule has 0 saturated carbocycles. The van der Waals surface area contributed by atoms with E-state index in [0.717, 1.165) is 0 Å². The minimum atomic E-state index is -0.811. The van der Waals surface area contributed by atoms with Gasteiger partial charge in [-0.15, -0.1) is 0 Å². The summed E-state index contributed by atoms with van der Waals surface area (Å²) in [4.78, 5) is 13.9. The molecule has 0 bridgehead atoms. The molecule has 84 valence electrons. The molecule has 0 aromatic rings. The van der Waals surface area contributed by atoms with E-state index < -0.39 is 5.41 Å². The molecule has 1 aliphatic heterocycles. The van der Waals surface area contributed by atoms with E-state index in [1.807, 2.05) is 13.8 Å². The quantitative estimate of drug-likeness (QED) is 0.746. The van der Waals surface area contributed by atoms with Crippen molar-refractivity contribution in [1.82, 2.24) is 10.2 Å². The van der Waals surface area contributed by atoms with Crippen molar-refractivity contribution in [3.63, 3.8) is 0 Å². The second kappa shape index (κ2) is 4.19. The Morgan fingerprint density at radius 1 is 1.40 bits per heavy atom. The van der Waals surface area contributed by atoms with Crippen molar-refractivity contribution < 1.29 is 4.79 Å². The number of nitrogens with zero attached hydrogens (tertiary/aromatic N) is 2. The normalized spacial score (nSPS) is 19.8. The zero-order valence-corrected chi connectivity index (χ0v) is 9.87. The molecule has 0 aromatic heterocycles. The number of likely N-dealkylation sites (tertiary alicyclic amines) is 1. The minimum absolute atomic E-state index is 0.0934. The van der Waals surface area contributed by atoms with E-state index in [-0.39, 0.29) is 11.9 Å². The van der Waals surface area contributed by atoms with E-state index in [4.69, 9.17) is 5.26 Å². The van der Waals surface area contributed by atoms with Crippen LogP contribution in [0.15, 0.2) is 0 Å². The van der Waals surface area contributed by atoms with E-state index in [9.17, 15) is 4.79 Å². The maximum Gasteiger partial charge on any atom is 0.243 e. The van der Waals surface area contributed by atoms with Gasteiger partial charge in [-0.1, -0.05) is 0 Å². The summed E-state index contributed by atoms with van der Waals surface area (Å²) < 4.78 is 0. The molecule has 1 rings (SSSR count). The lowest BCUT2D eigenvalue weighted by atomic mass is 9.79. The number of nitrogens with one attached hydrogen (secondary N) is 1. The second-order valence-electron chi connectivity index (χ2n) is 4.82. The van der Waals surface area contributed by atoms with Gasteiger partial charge in [-0.2, -0.15) is 5.26 Å². The molecule has 0 spiro atoms. The molecule has 1 saturated heterocycles. The third kappa shape index (κ3) is 2.29. The lowest BCUT2D eigenvalue weighted by Crippen LogP contribution is -2.64. The zero-order chi connectivity index (χ0) is 11.6. The van der Waals surface area contributed by atoms with Crippen LogP contribution in [-0.4, -0.2) is 36.0 Å². The Hall–Kier alpha value is -1.08. The first kappa shape index (κ1) is 12.0. The summed E-state index contributed by atoms with van der Waals surface area (Å²) >= 11 is 0. The van der Waals surface area contributed by atoms with Crippen molar-refractivity contribution in [2.75, 3.05) is 13.1 Å². The maximum atomic E-state index is 11.8. The van der Waals surface area contributed by atoms with Crippen LogP contribution in [0.1, 0.15) is 27.7 Å². The van der Waals surface area contributed by atoms with Gasteiger partial charge in [0.2, 0.25) is 5.91 Å². The highest BCUT2D eigenvalue weighted by atomic mass is 16.2. The van der Waals surface area contributed by atoms with E-state index in [1.165, 1.54) is 0 Å². The molecule has 4 heteroatoms. The minimum Gasteiger partial charge on any atom is -0.352 e. The third-order valence-electron chi connectivity index (χ3n) is 2.74. The van der Waals surface area contributed by atoms with E-state index in [2.05, 4.69) is 30.1 Å². The van der Waals surface area contributed by atoms with Crippen molar-refractivity contribution in [2.45, 2.75) is 39.8 Å². The SMILES string of the molecule is CC(C)NC(=O)C1(C#N)CN(C(C)C)C1. The Morgan fingerprint density at radius 2 is 1.93 bits per heavy atom. The molecule has 1 aliphatic rings. The highest BCUT2D eigenvalue weighted by Gasteiger charge is 2.50. The number of rotatable bonds is 3. The molecule has 15 heavy (non-hydrogen) atoms. The Balaban J connectivity index is 2.60. The second-order valence-corrected chi connectivity index (χ2v) is 4.82. The van der Waals surface area contributed by atoms with Gasteiger partial charge in [0.05, 0.1) is 6.07 Å². The highest BCUT2D eigenvalue weighted by Crippen LogP contribution is 2.31. The molecule has 1 amide bonds. The fourth-order valence-electron chi connectivity index (χ4n) is 1.68. The number of carbonyl (C=O) groups excluding carboxylic acids is 1. The van der Waals surface area contributed by atoms with Gasteiger partial charge in [0.15, 0.2) is 5.41 Å². The molecule has 4 nitrogen and oxygen atoms in total. The lowest BCUT2D eigenvalue weighted by Gasteiger charge is -2.46. The van der Waals surface area contributed by atoms with E-state index in [0.29, 0.717) is 19.1 Å². The fourth-order valence-corrected chi connectivity index (χ4v) is 1.68. The van der Waals surface area contributed by atoms with Crippen LogP contribution in [-0.2, 0) is 4.79 Å². The Labute approximate surface area is 91.2 Å². The van der Waals surface area contributed by atoms with E-state index in [1.54, 1.807) is 0 Å². The summed E-state index contributed by atoms with van der Waals surface area (Å²) in [6.45, 7) is 9.06. The summed E-state index contributed by atoms with van der Waals surface area (Å²) in [6.07, 6.45) is 0. The van der Waals surface area contributed by atoms with Gasteiger partial charge < -0.3 is 5.32 Å². The smallest absolute Gasteiger partial charge is 0.243 e. The predicted molar refractivity (Wildman–Crippen MR) is 58.0 cm³/mol. The molecule has 0 radical (unpaired) electrons. The Morgan fingerprint density at radius 3 is 2.27 bits per heavy atom. The van der Waals surface area contributed by atoms with Gasteiger partial charge in [0.1, 0.15) is 0 Å². The number of carbonyl (C=O) groups is 1. The van der Waals surface area contributed by atoms with Gasteiger partial charge in [-0.25, -0.2) is 0 Å². The number of nitriles is 1. The zero-order valence-electron chi connectivity index (χ0n) is 9.87. The third-order valence-corrected chi connectivity index (χ3v) is 2.74. The summed E-state index contributed by atoms with van der Waals surface area (Å²) in [5, 5.41) is 11.9. The summed E-state index contributed by atoms with van der Waals surface area (Å²) in [6, 6.07) is 2.65. The maximum absolute atomic E-state index is 11.8. The fraction of sp³-hybridized carbons (Fsp3) is 0.818. The van der Waals surface area contributed by atoms with Gasteiger partial charge in [0, 0.05) is 25.2 Å². The van der Waals surface area contributed by atoms with Gasteiger partial charge >= 0.3 is 0 Å². The number of amides is 1.